The average Bonchev–Trinajstić information content (AvgIpc) is 4.09. The average molecular weight is 922 g/mol. The zero-order valence-corrected chi connectivity index (χ0v) is 40.4. The van der Waals surface area contributed by atoms with Crippen molar-refractivity contribution in [1.29, 1.82) is 0 Å². The summed E-state index contributed by atoms with van der Waals surface area (Å²) in [5, 5.41) is 4.51. The number of benzene rings is 11. The third kappa shape index (κ3) is 5.90. The molecule has 0 N–H and O–H groups in total. The predicted octanol–water partition coefficient (Wildman–Crippen LogP) is 19.0. The van der Waals surface area contributed by atoms with Gasteiger partial charge in [-0.1, -0.05) is 226 Å². The highest BCUT2D eigenvalue weighted by atomic mass is 16.3. The molecular weight excluding hydrogens is 871 g/mol. The van der Waals surface area contributed by atoms with E-state index in [1.54, 1.807) is 0 Å². The minimum Gasteiger partial charge on any atom is -0.455 e. The van der Waals surface area contributed by atoms with Crippen LogP contribution in [0.5, 0.6) is 0 Å². The van der Waals surface area contributed by atoms with Crippen LogP contribution in [0.2, 0.25) is 0 Å². The topological polar surface area (TPSA) is 16.4 Å². The molecule has 11 aromatic carbocycles. The molecule has 1 heterocycles. The van der Waals surface area contributed by atoms with Gasteiger partial charge in [0.05, 0.1) is 16.8 Å². The fourth-order valence-corrected chi connectivity index (χ4v) is 13.3. The van der Waals surface area contributed by atoms with Gasteiger partial charge in [0.15, 0.2) is 0 Å². The van der Waals surface area contributed by atoms with Gasteiger partial charge in [0.25, 0.3) is 0 Å². The van der Waals surface area contributed by atoms with E-state index in [0.29, 0.717) is 0 Å². The molecule has 342 valence electrons. The molecule has 2 nitrogen and oxygen atoms in total. The van der Waals surface area contributed by atoms with Crippen molar-refractivity contribution in [1.82, 2.24) is 0 Å². The first-order valence-electron chi connectivity index (χ1n) is 25.5. The molecule has 0 unspecified atom stereocenters. The lowest BCUT2D eigenvalue weighted by Crippen LogP contribution is -2.28. The number of hydrogen-bond acceptors (Lipinski definition) is 2. The van der Waals surface area contributed by atoms with Gasteiger partial charge in [-0.05, 0) is 121 Å². The molecule has 0 fully saturated rings. The summed E-state index contributed by atoms with van der Waals surface area (Å²) in [6, 6.07) is 92.4. The normalized spacial score (nSPS) is 13.8. The first-order valence-corrected chi connectivity index (χ1v) is 25.5. The summed E-state index contributed by atoms with van der Waals surface area (Å²) in [5.74, 6) is 0. The Labute approximate surface area is 421 Å². The van der Waals surface area contributed by atoms with E-state index in [9.17, 15) is 0 Å². The summed E-state index contributed by atoms with van der Waals surface area (Å²) in [6.07, 6.45) is 2.06. The Morgan fingerprint density at radius 1 is 0.375 bits per heavy atom. The largest absolute Gasteiger partial charge is 0.455 e. The Hall–Kier alpha value is -8.72. The minimum atomic E-state index is -0.577. The van der Waals surface area contributed by atoms with Crippen molar-refractivity contribution in [2.45, 2.75) is 37.5 Å². The van der Waals surface area contributed by atoms with Crippen LogP contribution < -0.4 is 4.90 Å². The van der Waals surface area contributed by atoms with Crippen LogP contribution in [0.1, 0.15) is 60.1 Å². The van der Waals surface area contributed by atoms with Crippen LogP contribution in [0.15, 0.2) is 253 Å². The van der Waals surface area contributed by atoms with Gasteiger partial charge in [-0.3, -0.25) is 0 Å². The summed E-state index contributed by atoms with van der Waals surface area (Å²) in [7, 11) is 0. The van der Waals surface area contributed by atoms with Crippen molar-refractivity contribution in [2.24, 2.45) is 0 Å². The number of para-hydroxylation sites is 2. The molecule has 12 aromatic rings. The van der Waals surface area contributed by atoms with Gasteiger partial charge >= 0.3 is 0 Å². The van der Waals surface area contributed by atoms with Gasteiger partial charge in [0.2, 0.25) is 0 Å². The van der Waals surface area contributed by atoms with E-state index in [1.807, 2.05) is 0 Å². The monoisotopic (exact) mass is 921 g/mol. The van der Waals surface area contributed by atoms with Crippen LogP contribution >= 0.6 is 0 Å². The zero-order chi connectivity index (χ0) is 48.0. The van der Waals surface area contributed by atoms with Crippen LogP contribution in [-0.4, -0.2) is 0 Å². The first-order chi connectivity index (χ1) is 35.6. The van der Waals surface area contributed by atoms with E-state index in [0.717, 1.165) is 68.4 Å². The van der Waals surface area contributed by atoms with Gasteiger partial charge < -0.3 is 9.32 Å². The number of fused-ring (bicyclic) bond motifs is 11. The highest BCUT2D eigenvalue weighted by Gasteiger charge is 2.47. The highest BCUT2D eigenvalue weighted by molar-refractivity contribution is 6.20. The minimum absolute atomic E-state index is 0.0618. The van der Waals surface area contributed by atoms with E-state index >= 15 is 0 Å². The predicted molar refractivity (Wildman–Crippen MR) is 301 cm³/mol. The van der Waals surface area contributed by atoms with Gasteiger partial charge in [0, 0.05) is 38.4 Å². The molecule has 0 radical (unpaired) electrons. The third-order valence-electron chi connectivity index (χ3n) is 16.5. The lowest BCUT2D eigenvalue weighted by molar-refractivity contribution is 0.490. The summed E-state index contributed by atoms with van der Waals surface area (Å²) < 4.78 is 6.86. The standard InChI is InChI=1S/C70H51NO/c1-3-69(4-2)59-35-17-14-32-57(59)66-55(33-21-37-61(66)69)53-30-15-19-38-63(53)71(64-39-20-16-31-54(64)56-34-22-40-65-67(56)58-43-41-46-23-11-12-28-50(46)68(58)72-65)49-42-44-52-51-29-13-18-36-60(51)70(62(52)45-49,47-24-7-5-8-25-47)48-26-9-6-10-27-48/h5-45H,3-4H2,1-2H3. The molecule has 0 spiro atoms. The lowest BCUT2D eigenvalue weighted by atomic mass is 9.67. The molecule has 0 atom stereocenters. The fourth-order valence-electron chi connectivity index (χ4n) is 13.3. The Balaban J connectivity index is 1.08. The highest BCUT2D eigenvalue weighted by Crippen LogP contribution is 2.60. The van der Waals surface area contributed by atoms with E-state index in [-0.39, 0.29) is 5.41 Å². The van der Waals surface area contributed by atoms with E-state index in [4.69, 9.17) is 4.42 Å². The van der Waals surface area contributed by atoms with Crippen LogP contribution in [0.3, 0.4) is 0 Å². The fraction of sp³-hybridized carbons (Fsp3) is 0.0857. The van der Waals surface area contributed by atoms with E-state index < -0.39 is 5.41 Å². The molecule has 14 rings (SSSR count). The number of hydrogen-bond donors (Lipinski definition) is 0. The zero-order valence-electron chi connectivity index (χ0n) is 40.4. The molecule has 0 saturated heterocycles. The molecule has 2 aliphatic rings. The third-order valence-corrected chi connectivity index (χ3v) is 16.5. The number of nitrogens with zero attached hydrogens (tertiary/aromatic N) is 1. The summed E-state index contributed by atoms with van der Waals surface area (Å²) in [6.45, 7) is 4.72. The molecule has 1 aromatic heterocycles. The Morgan fingerprint density at radius 3 is 1.64 bits per heavy atom. The van der Waals surface area contributed by atoms with Crippen molar-refractivity contribution >= 4 is 49.8 Å². The van der Waals surface area contributed by atoms with Gasteiger partial charge in [-0.25, -0.2) is 0 Å². The molecule has 0 saturated carbocycles. The number of rotatable bonds is 9. The second-order valence-electron chi connectivity index (χ2n) is 19.6. The molecular formula is C70H51NO. The smallest absolute Gasteiger partial charge is 0.143 e. The number of furan rings is 1. The van der Waals surface area contributed by atoms with Crippen LogP contribution in [-0.2, 0) is 10.8 Å². The molecule has 0 amide bonds. The molecule has 2 aliphatic carbocycles. The maximum absolute atomic E-state index is 6.86. The maximum atomic E-state index is 6.86. The second-order valence-corrected chi connectivity index (χ2v) is 19.6. The molecule has 2 heteroatoms. The number of anilines is 3. The Kier molecular flexibility index (Phi) is 9.63. The van der Waals surface area contributed by atoms with E-state index in [2.05, 4.69) is 267 Å². The van der Waals surface area contributed by atoms with Crippen molar-refractivity contribution in [2.75, 3.05) is 4.90 Å². The summed E-state index contributed by atoms with van der Waals surface area (Å²) in [4.78, 5) is 2.55. The van der Waals surface area contributed by atoms with Crippen LogP contribution in [0.4, 0.5) is 17.1 Å². The lowest BCUT2D eigenvalue weighted by Gasteiger charge is -2.35. The van der Waals surface area contributed by atoms with Gasteiger partial charge in [-0.2, -0.15) is 0 Å². The molecule has 0 aliphatic heterocycles. The van der Waals surface area contributed by atoms with Crippen molar-refractivity contribution in [3.05, 3.63) is 282 Å². The summed E-state index contributed by atoms with van der Waals surface area (Å²) >= 11 is 0. The van der Waals surface area contributed by atoms with E-state index in [1.165, 1.54) is 72.1 Å². The molecule has 0 bridgehead atoms. The first kappa shape index (κ1) is 42.2. The quantitative estimate of drug-likeness (QED) is 0.143. The van der Waals surface area contributed by atoms with Crippen molar-refractivity contribution in [3.8, 4) is 44.5 Å². The Bertz CT molecular complexity index is 4040. The van der Waals surface area contributed by atoms with Crippen LogP contribution in [0, 0.1) is 0 Å². The second kappa shape index (κ2) is 16.4. The maximum Gasteiger partial charge on any atom is 0.143 e. The van der Waals surface area contributed by atoms with Gasteiger partial charge in [0.1, 0.15) is 11.2 Å². The van der Waals surface area contributed by atoms with Gasteiger partial charge in [-0.15, -0.1) is 0 Å². The van der Waals surface area contributed by atoms with Crippen molar-refractivity contribution < 1.29 is 4.42 Å². The SMILES string of the molecule is CCC1(CC)c2ccccc2-c2c(-c3ccccc3N(c3ccc4c(c3)C(c3ccccc3)(c3ccccc3)c3ccccc3-4)c3ccccc3-c3cccc4oc5c6ccccc6ccc5c34)cccc21. The Morgan fingerprint density at radius 2 is 0.917 bits per heavy atom. The van der Waals surface area contributed by atoms with Crippen LogP contribution in [0.25, 0.3) is 77.2 Å². The molecule has 72 heavy (non-hydrogen) atoms. The van der Waals surface area contributed by atoms with Crippen molar-refractivity contribution in [3.63, 3.8) is 0 Å². The summed E-state index contributed by atoms with van der Waals surface area (Å²) in [5.41, 5.74) is 22.2.